The van der Waals surface area contributed by atoms with Crippen LogP contribution in [0, 0.1) is 5.92 Å². The molecule has 2 rings (SSSR count). The summed E-state index contributed by atoms with van der Waals surface area (Å²) in [4.78, 5) is 11.8. The van der Waals surface area contributed by atoms with Crippen LogP contribution in [0.4, 0.5) is 0 Å². The minimum absolute atomic E-state index is 0.128. The van der Waals surface area contributed by atoms with Gasteiger partial charge in [0.25, 0.3) is 0 Å². The molecule has 1 N–H and O–H groups in total. The van der Waals surface area contributed by atoms with E-state index in [1.165, 1.54) is 11.8 Å². The molecular weight excluding hydrogens is 368 g/mol. The molecule has 0 atom stereocenters. The van der Waals surface area contributed by atoms with Crippen LogP contribution in [0.5, 0.6) is 5.75 Å². The number of rotatable bonds is 9. The van der Waals surface area contributed by atoms with E-state index in [1.54, 1.807) is 6.21 Å². The minimum Gasteiger partial charge on any atom is -0.493 e. The Balaban J connectivity index is 1.68. The molecule has 0 aliphatic carbocycles. The number of thioether (sulfide) groups is 1. The first kappa shape index (κ1) is 20.3. The number of carbonyl (C=O) groups is 1. The van der Waals surface area contributed by atoms with Gasteiger partial charge in [0.1, 0.15) is 5.75 Å². The smallest absolute Gasteiger partial charge is 0.250 e. The number of benzene rings is 2. The van der Waals surface area contributed by atoms with Gasteiger partial charge in [-0.2, -0.15) is 5.10 Å². The molecule has 0 fully saturated rings. The fourth-order valence-electron chi connectivity index (χ4n) is 1.97. The number of nitrogens with zero attached hydrogens (tertiary/aromatic N) is 1. The molecule has 6 heteroatoms. The largest absolute Gasteiger partial charge is 0.493 e. The molecule has 0 spiro atoms. The molecule has 4 nitrogen and oxygen atoms in total. The highest BCUT2D eigenvalue weighted by Gasteiger charge is 2.01. The normalized spacial score (nSPS) is 11.1. The van der Waals surface area contributed by atoms with Gasteiger partial charge in [0.15, 0.2) is 0 Å². The van der Waals surface area contributed by atoms with Crippen LogP contribution in [-0.4, -0.2) is 24.5 Å². The van der Waals surface area contributed by atoms with Gasteiger partial charge in [-0.15, -0.1) is 11.8 Å². The van der Waals surface area contributed by atoms with Gasteiger partial charge in [0.05, 0.1) is 18.6 Å². The first-order valence-electron chi connectivity index (χ1n) is 8.40. The first-order valence-corrected chi connectivity index (χ1v) is 9.93. The lowest BCUT2D eigenvalue weighted by Gasteiger charge is -2.08. The third kappa shape index (κ3) is 7.93. The molecule has 2 aromatic carbocycles. The molecule has 1 amide bonds. The second-order valence-corrected chi connectivity index (χ2v) is 7.61. The summed E-state index contributed by atoms with van der Waals surface area (Å²) >= 11 is 7.38. The SMILES string of the molecule is CC(C)COc1ccc(/C=N\NC(=O)CSCc2ccc(Cl)cc2)cc1. The van der Waals surface area contributed by atoms with Gasteiger partial charge in [-0.1, -0.05) is 37.6 Å². The zero-order valence-corrected chi connectivity index (χ0v) is 16.5. The van der Waals surface area contributed by atoms with E-state index in [0.717, 1.165) is 22.6 Å². The van der Waals surface area contributed by atoms with Gasteiger partial charge < -0.3 is 4.74 Å². The molecule has 0 heterocycles. The number of hydrazone groups is 1. The van der Waals surface area contributed by atoms with E-state index in [1.807, 2.05) is 48.5 Å². The van der Waals surface area contributed by atoms with Crippen LogP contribution >= 0.6 is 23.4 Å². The van der Waals surface area contributed by atoms with Crippen molar-refractivity contribution in [3.05, 3.63) is 64.7 Å². The molecule has 26 heavy (non-hydrogen) atoms. The van der Waals surface area contributed by atoms with Crippen molar-refractivity contribution in [2.24, 2.45) is 11.0 Å². The standard InChI is InChI=1S/C20H23ClN2O2S/c1-15(2)12-25-19-9-5-16(6-10-19)11-22-23-20(24)14-26-13-17-3-7-18(21)8-4-17/h3-11,15H,12-14H2,1-2H3,(H,23,24)/b22-11-. The maximum absolute atomic E-state index is 11.8. The number of ether oxygens (including phenoxy) is 1. The summed E-state index contributed by atoms with van der Waals surface area (Å²) in [6, 6.07) is 15.2. The zero-order valence-electron chi connectivity index (χ0n) is 14.9. The number of halogens is 1. The summed E-state index contributed by atoms with van der Waals surface area (Å²) in [5.41, 5.74) is 4.57. The molecule has 0 bridgehead atoms. The predicted octanol–water partition coefficient (Wildman–Crippen LogP) is 4.76. The van der Waals surface area contributed by atoms with Crippen molar-refractivity contribution < 1.29 is 9.53 Å². The third-order valence-electron chi connectivity index (χ3n) is 3.28. The van der Waals surface area contributed by atoms with E-state index in [2.05, 4.69) is 24.4 Å². The Morgan fingerprint density at radius 1 is 1.19 bits per heavy atom. The van der Waals surface area contributed by atoms with E-state index < -0.39 is 0 Å². The third-order valence-corrected chi connectivity index (χ3v) is 4.54. The number of amides is 1. The van der Waals surface area contributed by atoms with Crippen LogP contribution in [0.3, 0.4) is 0 Å². The highest BCUT2D eigenvalue weighted by atomic mass is 35.5. The molecule has 0 radical (unpaired) electrons. The number of hydrogen-bond acceptors (Lipinski definition) is 4. The van der Waals surface area contributed by atoms with Crippen LogP contribution in [0.15, 0.2) is 53.6 Å². The van der Waals surface area contributed by atoms with Crippen molar-refractivity contribution in [2.75, 3.05) is 12.4 Å². The Morgan fingerprint density at radius 3 is 2.54 bits per heavy atom. The van der Waals surface area contributed by atoms with Gasteiger partial charge in [-0.25, -0.2) is 5.43 Å². The molecule has 138 valence electrons. The fraction of sp³-hybridized carbons (Fsp3) is 0.300. The maximum atomic E-state index is 11.8. The summed E-state index contributed by atoms with van der Waals surface area (Å²) in [6.07, 6.45) is 1.62. The van der Waals surface area contributed by atoms with Crippen molar-refractivity contribution in [2.45, 2.75) is 19.6 Å². The second kappa shape index (κ2) is 10.9. The van der Waals surface area contributed by atoms with E-state index in [-0.39, 0.29) is 5.91 Å². The second-order valence-electron chi connectivity index (χ2n) is 6.19. The van der Waals surface area contributed by atoms with Crippen molar-refractivity contribution in [1.29, 1.82) is 0 Å². The summed E-state index contributed by atoms with van der Waals surface area (Å²) in [7, 11) is 0. The van der Waals surface area contributed by atoms with Gasteiger partial charge in [0.2, 0.25) is 5.91 Å². The molecule has 0 saturated carbocycles. The monoisotopic (exact) mass is 390 g/mol. The van der Waals surface area contributed by atoms with Gasteiger partial charge >= 0.3 is 0 Å². The van der Waals surface area contributed by atoms with Crippen LogP contribution < -0.4 is 10.2 Å². The lowest BCUT2D eigenvalue weighted by atomic mass is 10.2. The molecule has 0 saturated heterocycles. The average molecular weight is 391 g/mol. The Hall–Kier alpha value is -1.98. The summed E-state index contributed by atoms with van der Waals surface area (Å²) in [5.74, 6) is 2.30. The van der Waals surface area contributed by atoms with E-state index >= 15 is 0 Å². The van der Waals surface area contributed by atoms with Crippen molar-refractivity contribution >= 4 is 35.5 Å². The quantitative estimate of drug-likeness (QED) is 0.496. The Morgan fingerprint density at radius 2 is 1.88 bits per heavy atom. The van der Waals surface area contributed by atoms with Gasteiger partial charge in [-0.05, 0) is 53.4 Å². The lowest BCUT2D eigenvalue weighted by molar-refractivity contribution is -0.118. The Bertz CT molecular complexity index is 716. The van der Waals surface area contributed by atoms with Crippen molar-refractivity contribution in [3.8, 4) is 5.75 Å². The molecule has 2 aromatic rings. The van der Waals surface area contributed by atoms with E-state index in [4.69, 9.17) is 16.3 Å². The minimum atomic E-state index is -0.128. The summed E-state index contributed by atoms with van der Waals surface area (Å²) in [6.45, 7) is 4.91. The average Bonchev–Trinajstić information content (AvgIpc) is 2.63. The Labute approximate surface area is 164 Å². The van der Waals surface area contributed by atoms with Gasteiger partial charge in [-0.3, -0.25) is 4.79 Å². The number of nitrogens with one attached hydrogen (secondary N) is 1. The lowest BCUT2D eigenvalue weighted by Crippen LogP contribution is -2.19. The van der Waals surface area contributed by atoms with E-state index in [9.17, 15) is 4.79 Å². The maximum Gasteiger partial charge on any atom is 0.250 e. The van der Waals surface area contributed by atoms with Crippen LogP contribution in [0.2, 0.25) is 5.02 Å². The molecule has 0 aliphatic rings. The van der Waals surface area contributed by atoms with Crippen LogP contribution in [0.25, 0.3) is 0 Å². The van der Waals surface area contributed by atoms with E-state index in [0.29, 0.717) is 23.3 Å². The van der Waals surface area contributed by atoms with Crippen LogP contribution in [-0.2, 0) is 10.5 Å². The number of carbonyl (C=O) groups excluding carboxylic acids is 1. The summed E-state index contributed by atoms with van der Waals surface area (Å²) < 4.78 is 5.63. The fourth-order valence-corrected chi connectivity index (χ4v) is 2.87. The van der Waals surface area contributed by atoms with Crippen molar-refractivity contribution in [3.63, 3.8) is 0 Å². The highest BCUT2D eigenvalue weighted by molar-refractivity contribution is 7.99. The molecule has 0 aromatic heterocycles. The zero-order chi connectivity index (χ0) is 18.8. The Kier molecular flexibility index (Phi) is 8.51. The molecule has 0 aliphatic heterocycles. The topological polar surface area (TPSA) is 50.7 Å². The van der Waals surface area contributed by atoms with Crippen molar-refractivity contribution in [1.82, 2.24) is 5.43 Å². The predicted molar refractivity (Wildman–Crippen MR) is 110 cm³/mol. The van der Waals surface area contributed by atoms with Gasteiger partial charge in [0, 0.05) is 10.8 Å². The number of hydrogen-bond donors (Lipinski definition) is 1. The van der Waals surface area contributed by atoms with Crippen LogP contribution in [0.1, 0.15) is 25.0 Å². The first-order chi connectivity index (χ1) is 12.5. The summed E-state index contributed by atoms with van der Waals surface area (Å²) in [5, 5.41) is 4.70. The molecular formula is C20H23ClN2O2S. The molecule has 0 unspecified atom stereocenters. The highest BCUT2D eigenvalue weighted by Crippen LogP contribution is 2.15.